The first-order valence-corrected chi connectivity index (χ1v) is 8.68. The molecule has 21 heavy (non-hydrogen) atoms. The van der Waals surface area contributed by atoms with Crippen LogP contribution in [0.15, 0.2) is 22.7 Å². The maximum atomic E-state index is 5.54. The molecule has 0 aliphatic rings. The van der Waals surface area contributed by atoms with Crippen molar-refractivity contribution >= 4 is 27.3 Å². The molecule has 1 heterocycles. The molecule has 0 aliphatic heterocycles. The number of thiazole rings is 1. The van der Waals surface area contributed by atoms with Crippen LogP contribution in [0.3, 0.4) is 0 Å². The summed E-state index contributed by atoms with van der Waals surface area (Å²) >= 11 is 5.30. The summed E-state index contributed by atoms with van der Waals surface area (Å²) in [4.78, 5) is 6.00. The molecule has 1 atom stereocenters. The van der Waals surface area contributed by atoms with Gasteiger partial charge in [-0.15, -0.1) is 11.3 Å². The highest BCUT2D eigenvalue weighted by atomic mass is 79.9. The summed E-state index contributed by atoms with van der Waals surface area (Å²) in [5.74, 6) is 0.886. The topological polar surface area (TPSA) is 34.2 Å². The normalized spacial score (nSPS) is 12.4. The number of benzene rings is 1. The zero-order chi connectivity index (χ0) is 15.4. The van der Waals surface area contributed by atoms with Crippen molar-refractivity contribution in [2.75, 3.05) is 13.7 Å². The molecule has 2 rings (SSSR count). The number of aryl methyl sites for hydroxylation is 2. The highest BCUT2D eigenvalue weighted by Gasteiger charge is 2.22. The number of ether oxygens (including phenoxy) is 1. The minimum atomic E-state index is 0.0646. The maximum absolute atomic E-state index is 5.54. The summed E-state index contributed by atoms with van der Waals surface area (Å²) in [7, 11) is 1.71. The predicted molar refractivity (Wildman–Crippen MR) is 92.4 cm³/mol. The van der Waals surface area contributed by atoms with Crippen molar-refractivity contribution in [2.24, 2.45) is 0 Å². The van der Waals surface area contributed by atoms with Crippen LogP contribution in [0.25, 0.3) is 0 Å². The Balaban J connectivity index is 2.47. The van der Waals surface area contributed by atoms with Crippen LogP contribution in [-0.2, 0) is 0 Å². The maximum Gasteiger partial charge on any atom is 0.124 e. The van der Waals surface area contributed by atoms with E-state index in [2.05, 4.69) is 48.1 Å². The molecular formula is C16H21BrN2OS. The Morgan fingerprint density at radius 3 is 2.71 bits per heavy atom. The number of hydrogen-bond acceptors (Lipinski definition) is 4. The lowest BCUT2D eigenvalue weighted by Crippen LogP contribution is -2.23. The van der Waals surface area contributed by atoms with Gasteiger partial charge >= 0.3 is 0 Å². The van der Waals surface area contributed by atoms with Gasteiger partial charge in [-0.1, -0.05) is 22.9 Å². The molecule has 0 fully saturated rings. The quantitative estimate of drug-likeness (QED) is 0.807. The molecule has 0 aliphatic carbocycles. The van der Waals surface area contributed by atoms with Gasteiger partial charge in [-0.3, -0.25) is 0 Å². The number of aromatic nitrogens is 1. The van der Waals surface area contributed by atoms with Crippen molar-refractivity contribution < 1.29 is 4.74 Å². The fraction of sp³-hybridized carbons (Fsp3) is 0.438. The van der Waals surface area contributed by atoms with E-state index < -0.39 is 0 Å². The first-order valence-electron chi connectivity index (χ1n) is 7.07. The van der Waals surface area contributed by atoms with Gasteiger partial charge in [-0.2, -0.15) is 0 Å². The lowest BCUT2D eigenvalue weighted by molar-refractivity contribution is 0.403. The molecule has 1 aromatic carbocycles. The van der Waals surface area contributed by atoms with Crippen LogP contribution >= 0.6 is 27.3 Å². The van der Waals surface area contributed by atoms with Crippen molar-refractivity contribution in [2.45, 2.75) is 33.2 Å². The van der Waals surface area contributed by atoms with Crippen LogP contribution < -0.4 is 10.1 Å². The Hall–Kier alpha value is -0.910. The van der Waals surface area contributed by atoms with Crippen molar-refractivity contribution in [1.29, 1.82) is 0 Å². The molecule has 2 aromatic rings. The molecular weight excluding hydrogens is 348 g/mol. The lowest BCUT2D eigenvalue weighted by atomic mass is 10.1. The van der Waals surface area contributed by atoms with E-state index in [1.165, 1.54) is 4.88 Å². The summed E-state index contributed by atoms with van der Waals surface area (Å²) in [6.45, 7) is 7.29. The fourth-order valence-corrected chi connectivity index (χ4v) is 3.57. The van der Waals surface area contributed by atoms with Crippen LogP contribution in [0.1, 0.15) is 40.5 Å². The molecule has 5 heteroatoms. The lowest BCUT2D eigenvalue weighted by Gasteiger charge is -2.19. The summed E-state index contributed by atoms with van der Waals surface area (Å²) in [5.41, 5.74) is 2.22. The van der Waals surface area contributed by atoms with E-state index in [4.69, 9.17) is 9.72 Å². The summed E-state index contributed by atoms with van der Waals surface area (Å²) in [6.07, 6.45) is 1.08. The van der Waals surface area contributed by atoms with Gasteiger partial charge in [0.25, 0.3) is 0 Å². The first kappa shape index (κ1) is 16.5. The summed E-state index contributed by atoms with van der Waals surface area (Å²) in [5, 5.41) is 4.68. The second-order valence-electron chi connectivity index (χ2n) is 4.97. The van der Waals surface area contributed by atoms with E-state index in [0.29, 0.717) is 0 Å². The fourth-order valence-electron chi connectivity index (χ4n) is 2.17. The highest BCUT2D eigenvalue weighted by Crippen LogP contribution is 2.34. The number of nitrogens with zero attached hydrogens (tertiary/aromatic N) is 1. The minimum absolute atomic E-state index is 0.0646. The molecule has 1 unspecified atom stereocenters. The van der Waals surface area contributed by atoms with Gasteiger partial charge in [-0.25, -0.2) is 4.98 Å². The third kappa shape index (κ3) is 3.84. The first-order chi connectivity index (χ1) is 10.1. The van der Waals surface area contributed by atoms with Gasteiger partial charge < -0.3 is 10.1 Å². The number of halogens is 1. The average molecular weight is 369 g/mol. The number of rotatable bonds is 6. The zero-order valence-corrected chi connectivity index (χ0v) is 15.3. The molecule has 114 valence electrons. The average Bonchev–Trinajstić information content (AvgIpc) is 2.79. The van der Waals surface area contributed by atoms with Gasteiger partial charge in [-0.05, 0) is 45.0 Å². The molecule has 1 N–H and O–H groups in total. The second-order valence-corrected chi connectivity index (χ2v) is 7.12. The van der Waals surface area contributed by atoms with Crippen molar-refractivity contribution in [3.05, 3.63) is 43.8 Å². The highest BCUT2D eigenvalue weighted by molar-refractivity contribution is 9.10. The van der Waals surface area contributed by atoms with E-state index >= 15 is 0 Å². The molecule has 0 saturated heterocycles. The van der Waals surface area contributed by atoms with Crippen LogP contribution in [-0.4, -0.2) is 18.6 Å². The van der Waals surface area contributed by atoms with E-state index in [1.807, 2.05) is 12.1 Å². The van der Waals surface area contributed by atoms with E-state index in [9.17, 15) is 0 Å². The Bertz CT molecular complexity index is 593. The molecule has 1 aromatic heterocycles. The van der Waals surface area contributed by atoms with Crippen LogP contribution in [0.4, 0.5) is 0 Å². The van der Waals surface area contributed by atoms with Gasteiger partial charge in [0.15, 0.2) is 0 Å². The second kappa shape index (κ2) is 7.38. The predicted octanol–water partition coefficient (Wildman–Crippen LogP) is 4.62. The molecule has 0 radical (unpaired) electrons. The third-order valence-electron chi connectivity index (χ3n) is 3.39. The molecule has 0 saturated carbocycles. The SMILES string of the molecule is CCCNC(c1nc(C)c(C)s1)c1cc(Br)ccc1OC. The van der Waals surface area contributed by atoms with Crippen LogP contribution in [0.5, 0.6) is 5.75 Å². The van der Waals surface area contributed by atoms with Gasteiger partial charge in [0, 0.05) is 14.9 Å². The Kier molecular flexibility index (Phi) is 5.79. The monoisotopic (exact) mass is 368 g/mol. The largest absolute Gasteiger partial charge is 0.496 e. The Morgan fingerprint density at radius 2 is 2.14 bits per heavy atom. The number of methoxy groups -OCH3 is 1. The summed E-state index contributed by atoms with van der Waals surface area (Å²) < 4.78 is 6.58. The number of hydrogen-bond donors (Lipinski definition) is 1. The van der Waals surface area contributed by atoms with Crippen molar-refractivity contribution in [3.63, 3.8) is 0 Å². The standard InChI is InChI=1S/C16H21BrN2OS/c1-5-8-18-15(16-19-10(2)11(3)21-16)13-9-12(17)6-7-14(13)20-4/h6-7,9,15,18H,5,8H2,1-4H3. The van der Waals surface area contributed by atoms with Crippen molar-refractivity contribution in [1.82, 2.24) is 10.3 Å². The van der Waals surface area contributed by atoms with Crippen LogP contribution in [0, 0.1) is 13.8 Å². The smallest absolute Gasteiger partial charge is 0.124 e. The number of nitrogens with one attached hydrogen (secondary N) is 1. The molecule has 0 amide bonds. The zero-order valence-electron chi connectivity index (χ0n) is 12.9. The van der Waals surface area contributed by atoms with Gasteiger partial charge in [0.2, 0.25) is 0 Å². The van der Waals surface area contributed by atoms with E-state index in [1.54, 1.807) is 18.4 Å². The van der Waals surface area contributed by atoms with Gasteiger partial charge in [0.1, 0.15) is 10.8 Å². The van der Waals surface area contributed by atoms with E-state index in [0.717, 1.165) is 39.5 Å². The van der Waals surface area contributed by atoms with Crippen LogP contribution in [0.2, 0.25) is 0 Å². The van der Waals surface area contributed by atoms with Gasteiger partial charge in [0.05, 0.1) is 18.8 Å². The third-order valence-corrected chi connectivity index (χ3v) is 5.02. The van der Waals surface area contributed by atoms with Crippen molar-refractivity contribution in [3.8, 4) is 5.75 Å². The molecule has 3 nitrogen and oxygen atoms in total. The molecule has 0 spiro atoms. The minimum Gasteiger partial charge on any atom is -0.496 e. The Labute approximate surface area is 138 Å². The Morgan fingerprint density at radius 1 is 1.38 bits per heavy atom. The summed E-state index contributed by atoms with van der Waals surface area (Å²) in [6, 6.07) is 6.16. The van der Waals surface area contributed by atoms with E-state index in [-0.39, 0.29) is 6.04 Å². The molecule has 0 bridgehead atoms.